The molecule has 0 N–H and O–H groups in total. The molecule has 0 radical (unpaired) electrons. The molecule has 0 amide bonds. The van der Waals surface area contributed by atoms with E-state index in [1.54, 1.807) is 0 Å². The Morgan fingerprint density at radius 3 is 2.92 bits per heavy atom. The summed E-state index contributed by atoms with van der Waals surface area (Å²) < 4.78 is 1.98. The van der Waals surface area contributed by atoms with Crippen LogP contribution in [-0.2, 0) is 7.05 Å². The molecule has 0 atom stereocenters. The molecule has 0 fully saturated rings. The number of benzene rings is 1. The molecule has 2 aromatic rings. The zero-order valence-electron chi connectivity index (χ0n) is 7.21. The van der Waals surface area contributed by atoms with Crippen LogP contribution in [0.3, 0.4) is 0 Å². The highest BCUT2D eigenvalue weighted by Gasteiger charge is 2.03. The van der Waals surface area contributed by atoms with Gasteiger partial charge in [0.05, 0.1) is 5.52 Å². The quantitative estimate of drug-likeness (QED) is 0.562. The molecule has 0 aliphatic heterocycles. The minimum Gasteiger partial charge on any atom is -0.349 e. The fourth-order valence-electron chi connectivity index (χ4n) is 1.47. The lowest BCUT2D eigenvalue weighted by atomic mass is 10.2. The third-order valence-corrected chi connectivity index (χ3v) is 2.34. The van der Waals surface area contributed by atoms with E-state index in [0.29, 0.717) is 0 Å². The van der Waals surface area contributed by atoms with Gasteiger partial charge in [0, 0.05) is 29.2 Å². The first-order valence-corrected chi connectivity index (χ1v) is 4.31. The number of aryl methyl sites for hydroxylation is 1. The standard InChI is InChI=1S/C11H8ClN/c1-3-8-7-13(2)11-6-9(12)4-5-10(8)11/h1,4-7H,2H3. The highest BCUT2D eigenvalue weighted by Crippen LogP contribution is 2.23. The molecule has 0 bridgehead atoms. The number of hydrogen-bond donors (Lipinski definition) is 0. The summed E-state index contributed by atoms with van der Waals surface area (Å²) in [4.78, 5) is 0. The summed E-state index contributed by atoms with van der Waals surface area (Å²) in [5.41, 5.74) is 1.98. The summed E-state index contributed by atoms with van der Waals surface area (Å²) in [7, 11) is 1.96. The molecule has 13 heavy (non-hydrogen) atoms. The lowest BCUT2D eigenvalue weighted by Crippen LogP contribution is -1.82. The third-order valence-electron chi connectivity index (χ3n) is 2.11. The van der Waals surface area contributed by atoms with Crippen LogP contribution in [0.15, 0.2) is 24.4 Å². The number of terminal acetylenes is 1. The SMILES string of the molecule is C#Cc1cn(C)c2cc(Cl)ccc12. The number of nitrogens with zero attached hydrogens (tertiary/aromatic N) is 1. The predicted molar refractivity (Wildman–Crippen MR) is 55.9 cm³/mol. The third kappa shape index (κ3) is 1.20. The van der Waals surface area contributed by atoms with Gasteiger partial charge < -0.3 is 4.57 Å². The van der Waals surface area contributed by atoms with Crippen molar-refractivity contribution in [3.8, 4) is 12.3 Å². The Labute approximate surface area is 81.9 Å². The minimum absolute atomic E-state index is 0.734. The molecule has 0 aliphatic rings. The van der Waals surface area contributed by atoms with Crippen molar-refractivity contribution in [3.05, 3.63) is 35.0 Å². The zero-order chi connectivity index (χ0) is 9.42. The fourth-order valence-corrected chi connectivity index (χ4v) is 1.64. The van der Waals surface area contributed by atoms with Crippen LogP contribution >= 0.6 is 11.6 Å². The number of halogens is 1. The smallest absolute Gasteiger partial charge is 0.0505 e. The summed E-state index contributed by atoms with van der Waals surface area (Å²) in [6, 6.07) is 5.72. The highest BCUT2D eigenvalue weighted by atomic mass is 35.5. The second-order valence-electron chi connectivity index (χ2n) is 2.96. The molecule has 0 unspecified atom stereocenters. The molecule has 0 spiro atoms. The van der Waals surface area contributed by atoms with Crippen LogP contribution in [0.5, 0.6) is 0 Å². The first-order valence-electron chi connectivity index (χ1n) is 3.93. The lowest BCUT2D eigenvalue weighted by molar-refractivity contribution is 0.968. The van der Waals surface area contributed by atoms with Crippen molar-refractivity contribution < 1.29 is 0 Å². The molecule has 0 saturated heterocycles. The van der Waals surface area contributed by atoms with E-state index in [4.69, 9.17) is 18.0 Å². The Morgan fingerprint density at radius 2 is 2.23 bits per heavy atom. The van der Waals surface area contributed by atoms with Gasteiger partial charge in [-0.05, 0) is 12.1 Å². The molecule has 2 heteroatoms. The van der Waals surface area contributed by atoms with E-state index >= 15 is 0 Å². The maximum Gasteiger partial charge on any atom is 0.0505 e. The summed E-state index contributed by atoms with van der Waals surface area (Å²) in [5, 5.41) is 1.81. The molecule has 1 aromatic carbocycles. The summed E-state index contributed by atoms with van der Waals surface area (Å²) in [6.45, 7) is 0. The number of rotatable bonds is 0. The molecule has 1 nitrogen and oxygen atoms in total. The van der Waals surface area contributed by atoms with E-state index in [9.17, 15) is 0 Å². The van der Waals surface area contributed by atoms with Crippen LogP contribution in [0, 0.1) is 12.3 Å². The highest BCUT2D eigenvalue weighted by molar-refractivity contribution is 6.31. The van der Waals surface area contributed by atoms with Gasteiger partial charge in [0.2, 0.25) is 0 Å². The van der Waals surface area contributed by atoms with Crippen LogP contribution < -0.4 is 0 Å². The number of hydrogen-bond acceptors (Lipinski definition) is 0. The van der Waals surface area contributed by atoms with Crippen LogP contribution in [-0.4, -0.2) is 4.57 Å². The lowest BCUT2D eigenvalue weighted by Gasteiger charge is -1.95. The Morgan fingerprint density at radius 1 is 1.46 bits per heavy atom. The van der Waals surface area contributed by atoms with Crippen molar-refractivity contribution in [2.24, 2.45) is 7.05 Å². The second-order valence-corrected chi connectivity index (χ2v) is 3.40. The number of aromatic nitrogens is 1. The Hall–Kier alpha value is -1.39. The monoisotopic (exact) mass is 189 g/mol. The maximum atomic E-state index is 5.88. The Balaban J connectivity index is 2.90. The largest absolute Gasteiger partial charge is 0.349 e. The minimum atomic E-state index is 0.734. The van der Waals surface area contributed by atoms with Crippen molar-refractivity contribution in [1.82, 2.24) is 4.57 Å². The van der Waals surface area contributed by atoms with Gasteiger partial charge in [-0.25, -0.2) is 0 Å². The first kappa shape index (κ1) is 8.22. The van der Waals surface area contributed by atoms with Gasteiger partial charge >= 0.3 is 0 Å². The van der Waals surface area contributed by atoms with E-state index < -0.39 is 0 Å². The molecular formula is C11H8ClN. The van der Waals surface area contributed by atoms with Gasteiger partial charge in [-0.15, -0.1) is 6.42 Å². The molecule has 0 aliphatic carbocycles. The Kier molecular flexibility index (Phi) is 1.79. The maximum absolute atomic E-state index is 5.88. The summed E-state index contributed by atoms with van der Waals surface area (Å²) in [5.74, 6) is 2.65. The van der Waals surface area contributed by atoms with Gasteiger partial charge in [0.1, 0.15) is 0 Å². The van der Waals surface area contributed by atoms with Crippen LogP contribution in [0.2, 0.25) is 5.02 Å². The van der Waals surface area contributed by atoms with E-state index in [-0.39, 0.29) is 0 Å². The van der Waals surface area contributed by atoms with E-state index in [2.05, 4.69) is 5.92 Å². The second kappa shape index (κ2) is 2.83. The van der Waals surface area contributed by atoms with E-state index in [1.807, 2.05) is 36.0 Å². The van der Waals surface area contributed by atoms with E-state index in [1.165, 1.54) is 0 Å². The summed E-state index contributed by atoms with van der Waals surface area (Å²) >= 11 is 5.88. The molecular weight excluding hydrogens is 182 g/mol. The van der Waals surface area contributed by atoms with Crippen molar-refractivity contribution in [2.45, 2.75) is 0 Å². The predicted octanol–water partition coefficient (Wildman–Crippen LogP) is 2.81. The average molecular weight is 190 g/mol. The van der Waals surface area contributed by atoms with Crippen molar-refractivity contribution in [2.75, 3.05) is 0 Å². The van der Waals surface area contributed by atoms with Gasteiger partial charge in [-0.3, -0.25) is 0 Å². The number of fused-ring (bicyclic) bond motifs is 1. The van der Waals surface area contributed by atoms with Gasteiger partial charge in [-0.2, -0.15) is 0 Å². The van der Waals surface area contributed by atoms with Gasteiger partial charge in [0.15, 0.2) is 0 Å². The normalized spacial score (nSPS) is 10.2. The zero-order valence-corrected chi connectivity index (χ0v) is 7.97. The van der Waals surface area contributed by atoms with Crippen LogP contribution in [0.4, 0.5) is 0 Å². The van der Waals surface area contributed by atoms with Gasteiger partial charge in [-0.1, -0.05) is 23.6 Å². The van der Waals surface area contributed by atoms with Gasteiger partial charge in [0.25, 0.3) is 0 Å². The molecule has 64 valence electrons. The molecule has 1 heterocycles. The fraction of sp³-hybridized carbons (Fsp3) is 0.0909. The summed E-state index contributed by atoms with van der Waals surface area (Å²) in [6.07, 6.45) is 7.30. The van der Waals surface area contributed by atoms with Crippen molar-refractivity contribution in [3.63, 3.8) is 0 Å². The Bertz CT molecular complexity index is 503. The van der Waals surface area contributed by atoms with Crippen molar-refractivity contribution in [1.29, 1.82) is 0 Å². The van der Waals surface area contributed by atoms with Crippen LogP contribution in [0.25, 0.3) is 10.9 Å². The van der Waals surface area contributed by atoms with Crippen LogP contribution in [0.1, 0.15) is 5.56 Å². The van der Waals surface area contributed by atoms with E-state index in [0.717, 1.165) is 21.5 Å². The first-order chi connectivity index (χ1) is 6.22. The molecule has 0 saturated carbocycles. The average Bonchev–Trinajstić information content (AvgIpc) is 2.43. The van der Waals surface area contributed by atoms with Crippen molar-refractivity contribution >= 4 is 22.5 Å². The topological polar surface area (TPSA) is 4.93 Å². The molecule has 1 aromatic heterocycles. The molecule has 2 rings (SSSR count).